The molecule has 1 aromatic heterocycles. The fraction of sp³-hybridized carbons (Fsp3) is 0.692. The molecule has 0 amide bonds. The summed E-state index contributed by atoms with van der Waals surface area (Å²) in [5.41, 5.74) is 1.81. The van der Waals surface area contributed by atoms with Gasteiger partial charge in [-0.15, -0.1) is 5.10 Å². The molecule has 0 aliphatic heterocycles. The van der Waals surface area contributed by atoms with Crippen molar-refractivity contribution in [1.82, 2.24) is 10.2 Å². The highest BCUT2D eigenvalue weighted by Crippen LogP contribution is 2.53. The molecule has 0 radical (unpaired) electrons. The van der Waals surface area contributed by atoms with Crippen LogP contribution < -0.4 is 5.32 Å². The second-order valence-corrected chi connectivity index (χ2v) is 5.37. The third kappa shape index (κ3) is 1.49. The first-order chi connectivity index (χ1) is 7.80. The maximum atomic E-state index is 4.20. The zero-order valence-electron chi connectivity index (χ0n) is 9.87. The molecule has 1 N–H and O–H groups in total. The van der Waals surface area contributed by atoms with Gasteiger partial charge in [0.2, 0.25) is 0 Å². The molecule has 0 aromatic carbocycles. The van der Waals surface area contributed by atoms with Crippen LogP contribution in [0.5, 0.6) is 0 Å². The topological polar surface area (TPSA) is 37.8 Å². The van der Waals surface area contributed by atoms with Crippen molar-refractivity contribution in [1.29, 1.82) is 0 Å². The van der Waals surface area contributed by atoms with E-state index < -0.39 is 0 Å². The lowest BCUT2D eigenvalue weighted by Gasteiger charge is -2.44. The third-order valence-electron chi connectivity index (χ3n) is 4.49. The number of aromatic nitrogens is 2. The van der Waals surface area contributed by atoms with E-state index in [4.69, 9.17) is 0 Å². The van der Waals surface area contributed by atoms with E-state index in [1.165, 1.54) is 44.1 Å². The summed E-state index contributed by atoms with van der Waals surface area (Å²) in [6.07, 6.45) is 10.1. The van der Waals surface area contributed by atoms with Crippen LogP contribution in [-0.4, -0.2) is 16.2 Å². The van der Waals surface area contributed by atoms with Gasteiger partial charge in [0.1, 0.15) is 0 Å². The predicted molar refractivity (Wildman–Crippen MR) is 64.3 cm³/mol. The van der Waals surface area contributed by atoms with Crippen LogP contribution in [0.4, 0.5) is 5.82 Å². The first kappa shape index (κ1) is 10.1. The Balaban J connectivity index is 1.77. The molecule has 1 aromatic rings. The first-order valence-corrected chi connectivity index (χ1v) is 6.35. The summed E-state index contributed by atoms with van der Waals surface area (Å²) in [7, 11) is 0. The zero-order chi connectivity index (χ0) is 11.0. The first-order valence-electron chi connectivity index (χ1n) is 6.35. The Morgan fingerprint density at radius 1 is 1.31 bits per heavy atom. The van der Waals surface area contributed by atoms with Gasteiger partial charge in [-0.2, -0.15) is 5.10 Å². The van der Waals surface area contributed by atoms with Gasteiger partial charge in [-0.1, -0.05) is 12.8 Å². The van der Waals surface area contributed by atoms with E-state index >= 15 is 0 Å². The highest BCUT2D eigenvalue weighted by Gasteiger charge is 2.47. The number of hydrogen-bond acceptors (Lipinski definition) is 3. The van der Waals surface area contributed by atoms with Gasteiger partial charge in [0.05, 0.1) is 6.20 Å². The van der Waals surface area contributed by atoms with Crippen molar-refractivity contribution in [2.24, 2.45) is 5.41 Å². The van der Waals surface area contributed by atoms with Crippen LogP contribution >= 0.6 is 0 Å². The van der Waals surface area contributed by atoms with E-state index in [-0.39, 0.29) is 0 Å². The molecule has 0 bridgehead atoms. The molecule has 2 aliphatic carbocycles. The molecule has 1 heterocycles. The molecule has 2 fully saturated rings. The molecule has 3 heteroatoms. The smallest absolute Gasteiger partial charge is 0.151 e. The van der Waals surface area contributed by atoms with Gasteiger partial charge in [-0.05, 0) is 49.7 Å². The van der Waals surface area contributed by atoms with E-state index in [0.29, 0.717) is 11.5 Å². The summed E-state index contributed by atoms with van der Waals surface area (Å²) >= 11 is 0. The minimum Gasteiger partial charge on any atom is -0.365 e. The van der Waals surface area contributed by atoms with Gasteiger partial charge in [-0.25, -0.2) is 0 Å². The fourth-order valence-corrected chi connectivity index (χ4v) is 3.30. The van der Waals surface area contributed by atoms with Crippen molar-refractivity contribution in [3.05, 3.63) is 17.8 Å². The quantitative estimate of drug-likeness (QED) is 0.827. The number of hydrogen-bond donors (Lipinski definition) is 1. The van der Waals surface area contributed by atoms with Crippen LogP contribution in [0.15, 0.2) is 12.3 Å². The van der Waals surface area contributed by atoms with E-state index in [9.17, 15) is 0 Å². The van der Waals surface area contributed by atoms with Crippen molar-refractivity contribution in [2.45, 2.75) is 51.5 Å². The lowest BCUT2D eigenvalue weighted by Crippen LogP contribution is -2.41. The van der Waals surface area contributed by atoms with Gasteiger partial charge in [0.25, 0.3) is 0 Å². The van der Waals surface area contributed by atoms with Crippen LogP contribution in [0.3, 0.4) is 0 Å². The Hall–Kier alpha value is -1.12. The predicted octanol–water partition coefficient (Wildman–Crippen LogP) is 2.92. The average Bonchev–Trinajstić information content (AvgIpc) is 2.65. The van der Waals surface area contributed by atoms with E-state index in [1.807, 2.05) is 6.07 Å². The Bertz CT molecular complexity index is 385. The second-order valence-electron chi connectivity index (χ2n) is 5.37. The van der Waals surface area contributed by atoms with Crippen LogP contribution in [-0.2, 0) is 0 Å². The summed E-state index contributed by atoms with van der Waals surface area (Å²) in [4.78, 5) is 0. The Kier molecular flexibility index (Phi) is 2.34. The summed E-state index contributed by atoms with van der Waals surface area (Å²) in [5.74, 6) is 0.987. The van der Waals surface area contributed by atoms with Crippen LogP contribution in [0.25, 0.3) is 0 Å². The lowest BCUT2D eigenvalue weighted by molar-refractivity contribution is 0.128. The van der Waals surface area contributed by atoms with Crippen molar-refractivity contribution in [3.63, 3.8) is 0 Å². The second kappa shape index (κ2) is 3.72. The molecule has 0 saturated heterocycles. The van der Waals surface area contributed by atoms with Crippen LogP contribution in [0.1, 0.15) is 44.1 Å². The molecule has 16 heavy (non-hydrogen) atoms. The SMILES string of the molecule is Cc1ccnnc1NC1CCCC12CCC2. The van der Waals surface area contributed by atoms with Gasteiger partial charge in [0, 0.05) is 6.04 Å². The minimum absolute atomic E-state index is 0.601. The van der Waals surface area contributed by atoms with Gasteiger partial charge >= 0.3 is 0 Å². The molecule has 1 unspecified atom stereocenters. The highest BCUT2D eigenvalue weighted by molar-refractivity contribution is 5.43. The standard InChI is InChI=1S/C13H19N3/c1-10-5-9-14-16-12(10)15-11-4-2-6-13(11)7-3-8-13/h5,9,11H,2-4,6-8H2,1H3,(H,15,16). The third-order valence-corrected chi connectivity index (χ3v) is 4.49. The zero-order valence-corrected chi connectivity index (χ0v) is 9.87. The number of aryl methyl sites for hydroxylation is 1. The van der Waals surface area contributed by atoms with E-state index in [0.717, 1.165) is 5.82 Å². The molecule has 2 aliphatic rings. The molecule has 3 nitrogen and oxygen atoms in total. The van der Waals surface area contributed by atoms with Gasteiger partial charge < -0.3 is 5.32 Å². The molecule has 1 spiro atoms. The van der Waals surface area contributed by atoms with Crippen LogP contribution in [0, 0.1) is 12.3 Å². The molecule has 3 rings (SSSR count). The number of nitrogens with zero attached hydrogens (tertiary/aromatic N) is 2. The minimum atomic E-state index is 0.601. The molecule has 1 atom stereocenters. The Labute approximate surface area is 96.7 Å². The molecular formula is C13H19N3. The monoisotopic (exact) mass is 217 g/mol. The van der Waals surface area contributed by atoms with Crippen molar-refractivity contribution < 1.29 is 0 Å². The average molecular weight is 217 g/mol. The van der Waals surface area contributed by atoms with Crippen LogP contribution in [0.2, 0.25) is 0 Å². The highest BCUT2D eigenvalue weighted by atomic mass is 15.2. The van der Waals surface area contributed by atoms with E-state index in [2.05, 4.69) is 22.4 Å². The maximum Gasteiger partial charge on any atom is 0.151 e. The molecule has 2 saturated carbocycles. The maximum absolute atomic E-state index is 4.20. The summed E-state index contributed by atoms with van der Waals surface area (Å²) < 4.78 is 0. The number of anilines is 1. The molecule has 86 valence electrons. The Morgan fingerprint density at radius 2 is 2.12 bits per heavy atom. The fourth-order valence-electron chi connectivity index (χ4n) is 3.30. The lowest BCUT2D eigenvalue weighted by atomic mass is 9.65. The summed E-state index contributed by atoms with van der Waals surface area (Å²) in [6.45, 7) is 2.10. The number of nitrogens with one attached hydrogen (secondary N) is 1. The largest absolute Gasteiger partial charge is 0.365 e. The summed E-state index contributed by atoms with van der Waals surface area (Å²) in [5, 5.41) is 11.8. The van der Waals surface area contributed by atoms with Crippen molar-refractivity contribution in [2.75, 3.05) is 5.32 Å². The summed E-state index contributed by atoms with van der Waals surface area (Å²) in [6, 6.07) is 2.66. The van der Waals surface area contributed by atoms with Gasteiger partial charge in [-0.3, -0.25) is 0 Å². The van der Waals surface area contributed by atoms with Crippen molar-refractivity contribution in [3.8, 4) is 0 Å². The van der Waals surface area contributed by atoms with E-state index in [1.54, 1.807) is 6.20 Å². The normalized spacial score (nSPS) is 26.7. The molecular weight excluding hydrogens is 198 g/mol. The number of rotatable bonds is 2. The van der Waals surface area contributed by atoms with Gasteiger partial charge in [0.15, 0.2) is 5.82 Å². The Morgan fingerprint density at radius 3 is 2.81 bits per heavy atom. The van der Waals surface area contributed by atoms with Crippen molar-refractivity contribution >= 4 is 5.82 Å².